The van der Waals surface area contributed by atoms with Crippen LogP contribution in [-0.4, -0.2) is 17.6 Å². The molecule has 78 valence electrons. The average molecular weight is 193 g/mol. The van der Waals surface area contributed by atoms with E-state index in [1.165, 1.54) is 19.3 Å². The molecule has 0 radical (unpaired) electrons. The SMILES string of the molecule is CC1CCCCN1c1ccc(N)cn1.[HH]. The number of anilines is 2. The maximum Gasteiger partial charge on any atom is 0.128 e. The van der Waals surface area contributed by atoms with Crippen LogP contribution in [0.2, 0.25) is 0 Å². The van der Waals surface area contributed by atoms with Gasteiger partial charge in [0.15, 0.2) is 0 Å². The van der Waals surface area contributed by atoms with Crippen LogP contribution >= 0.6 is 0 Å². The topological polar surface area (TPSA) is 42.1 Å². The Morgan fingerprint density at radius 1 is 1.50 bits per heavy atom. The van der Waals surface area contributed by atoms with Crippen molar-refractivity contribution in [1.29, 1.82) is 0 Å². The number of nitrogens with two attached hydrogens (primary N) is 1. The predicted molar refractivity (Wildman–Crippen MR) is 61.4 cm³/mol. The fraction of sp³-hybridized carbons (Fsp3) is 0.545. The van der Waals surface area contributed by atoms with Gasteiger partial charge in [0, 0.05) is 14.0 Å². The third kappa shape index (κ3) is 1.81. The van der Waals surface area contributed by atoms with Crippen molar-refractivity contribution in [1.82, 2.24) is 4.98 Å². The highest BCUT2D eigenvalue weighted by Crippen LogP contribution is 2.22. The number of pyridine rings is 1. The van der Waals surface area contributed by atoms with Crippen molar-refractivity contribution in [2.45, 2.75) is 32.2 Å². The molecule has 1 unspecified atom stereocenters. The normalized spacial score (nSPS) is 22.4. The quantitative estimate of drug-likeness (QED) is 0.744. The molecule has 1 aromatic rings. The first kappa shape index (κ1) is 9.31. The van der Waals surface area contributed by atoms with E-state index in [1.54, 1.807) is 6.20 Å². The number of aromatic nitrogens is 1. The van der Waals surface area contributed by atoms with Crippen molar-refractivity contribution in [2.75, 3.05) is 17.2 Å². The van der Waals surface area contributed by atoms with Crippen LogP contribution < -0.4 is 10.6 Å². The van der Waals surface area contributed by atoms with Gasteiger partial charge in [-0.1, -0.05) is 0 Å². The van der Waals surface area contributed by atoms with Crippen LogP contribution in [0, 0.1) is 0 Å². The highest BCUT2D eigenvalue weighted by molar-refractivity contribution is 5.46. The molecule has 1 saturated heterocycles. The maximum atomic E-state index is 5.61. The second kappa shape index (κ2) is 3.86. The molecule has 0 aromatic carbocycles. The van der Waals surface area contributed by atoms with Gasteiger partial charge in [0.1, 0.15) is 5.82 Å². The minimum absolute atomic E-state index is 0. The van der Waals surface area contributed by atoms with Crippen molar-refractivity contribution < 1.29 is 1.43 Å². The molecular formula is C11H19N3. The second-order valence-electron chi connectivity index (χ2n) is 3.99. The van der Waals surface area contributed by atoms with Crippen molar-refractivity contribution in [2.24, 2.45) is 0 Å². The van der Waals surface area contributed by atoms with Crippen LogP contribution in [0.25, 0.3) is 0 Å². The van der Waals surface area contributed by atoms with Gasteiger partial charge in [-0.2, -0.15) is 0 Å². The Bertz CT molecular complexity index is 299. The number of hydrogen-bond acceptors (Lipinski definition) is 3. The fourth-order valence-corrected chi connectivity index (χ4v) is 2.01. The molecule has 2 N–H and O–H groups in total. The third-order valence-electron chi connectivity index (χ3n) is 2.87. The monoisotopic (exact) mass is 193 g/mol. The molecule has 2 heterocycles. The Labute approximate surface area is 86.4 Å². The van der Waals surface area contributed by atoms with Crippen molar-refractivity contribution in [3.05, 3.63) is 18.3 Å². The van der Waals surface area contributed by atoms with Crippen molar-refractivity contribution >= 4 is 11.5 Å². The summed E-state index contributed by atoms with van der Waals surface area (Å²) in [6.45, 7) is 3.38. The van der Waals surface area contributed by atoms with Gasteiger partial charge in [0.25, 0.3) is 0 Å². The molecule has 0 bridgehead atoms. The highest BCUT2D eigenvalue weighted by atomic mass is 15.2. The van der Waals surface area contributed by atoms with Gasteiger partial charge in [-0.05, 0) is 38.3 Å². The number of piperidine rings is 1. The lowest BCUT2D eigenvalue weighted by Gasteiger charge is -2.34. The molecule has 1 aromatic heterocycles. The summed E-state index contributed by atoms with van der Waals surface area (Å²) in [7, 11) is 0. The fourth-order valence-electron chi connectivity index (χ4n) is 2.01. The van der Waals surface area contributed by atoms with Crippen LogP contribution in [-0.2, 0) is 0 Å². The first-order chi connectivity index (χ1) is 6.77. The van der Waals surface area contributed by atoms with Crippen LogP contribution in [0.3, 0.4) is 0 Å². The maximum absolute atomic E-state index is 5.61. The molecule has 1 fully saturated rings. The van der Waals surface area contributed by atoms with Gasteiger partial charge in [-0.3, -0.25) is 0 Å². The second-order valence-corrected chi connectivity index (χ2v) is 3.99. The Morgan fingerprint density at radius 2 is 2.36 bits per heavy atom. The predicted octanol–water partition coefficient (Wildman–Crippen LogP) is 2.29. The number of rotatable bonds is 1. The zero-order valence-corrected chi connectivity index (χ0v) is 8.61. The van der Waals surface area contributed by atoms with Crippen LogP contribution in [0.4, 0.5) is 11.5 Å². The van der Waals surface area contributed by atoms with E-state index in [0.717, 1.165) is 18.1 Å². The molecule has 1 atom stereocenters. The van der Waals surface area contributed by atoms with Crippen LogP contribution in [0.1, 0.15) is 27.6 Å². The van der Waals surface area contributed by atoms with E-state index in [-0.39, 0.29) is 1.43 Å². The minimum Gasteiger partial charge on any atom is -0.397 e. The first-order valence-electron chi connectivity index (χ1n) is 5.25. The lowest BCUT2D eigenvalue weighted by molar-refractivity contribution is 0.481. The summed E-state index contributed by atoms with van der Waals surface area (Å²) >= 11 is 0. The Morgan fingerprint density at radius 3 is 3.00 bits per heavy atom. The van der Waals surface area contributed by atoms with E-state index in [2.05, 4.69) is 16.8 Å². The van der Waals surface area contributed by atoms with Gasteiger partial charge in [-0.15, -0.1) is 0 Å². The zero-order chi connectivity index (χ0) is 9.97. The Kier molecular flexibility index (Phi) is 2.57. The summed E-state index contributed by atoms with van der Waals surface area (Å²) in [5.41, 5.74) is 6.34. The van der Waals surface area contributed by atoms with Crippen LogP contribution in [0.5, 0.6) is 0 Å². The molecule has 0 amide bonds. The number of hydrogen-bond donors (Lipinski definition) is 1. The van der Waals surface area contributed by atoms with E-state index >= 15 is 0 Å². The van der Waals surface area contributed by atoms with Crippen LogP contribution in [0.15, 0.2) is 18.3 Å². The largest absolute Gasteiger partial charge is 0.397 e. The Hall–Kier alpha value is -1.25. The molecule has 2 rings (SSSR count). The molecule has 3 heteroatoms. The lowest BCUT2D eigenvalue weighted by atomic mass is 10.0. The summed E-state index contributed by atoms with van der Waals surface area (Å²) in [5.74, 6) is 1.06. The standard InChI is InChI=1S/C11H17N3.H2/c1-9-4-2-3-7-14(9)11-6-5-10(12)8-13-11;/h5-6,8-9H,2-4,7,12H2,1H3;1H. The average Bonchev–Trinajstić information content (AvgIpc) is 2.20. The third-order valence-corrected chi connectivity index (χ3v) is 2.87. The highest BCUT2D eigenvalue weighted by Gasteiger charge is 2.18. The Balaban J connectivity index is 0.00000112. The van der Waals surface area contributed by atoms with Gasteiger partial charge < -0.3 is 10.6 Å². The zero-order valence-electron chi connectivity index (χ0n) is 8.61. The van der Waals surface area contributed by atoms with E-state index in [4.69, 9.17) is 5.73 Å². The summed E-state index contributed by atoms with van der Waals surface area (Å²) in [6, 6.07) is 4.54. The molecule has 0 saturated carbocycles. The molecular weight excluding hydrogens is 174 g/mol. The van der Waals surface area contributed by atoms with E-state index in [0.29, 0.717) is 6.04 Å². The molecule has 1 aliphatic heterocycles. The smallest absolute Gasteiger partial charge is 0.128 e. The molecule has 1 aliphatic rings. The summed E-state index contributed by atoms with van der Waals surface area (Å²) in [6.07, 6.45) is 5.62. The molecule has 14 heavy (non-hydrogen) atoms. The van der Waals surface area contributed by atoms with Crippen molar-refractivity contribution in [3.63, 3.8) is 0 Å². The summed E-state index contributed by atoms with van der Waals surface area (Å²) < 4.78 is 0. The molecule has 0 spiro atoms. The van der Waals surface area contributed by atoms with E-state index < -0.39 is 0 Å². The minimum atomic E-state index is 0. The van der Waals surface area contributed by atoms with Crippen molar-refractivity contribution in [3.8, 4) is 0 Å². The van der Waals surface area contributed by atoms with Gasteiger partial charge in [-0.25, -0.2) is 4.98 Å². The molecule has 0 aliphatic carbocycles. The summed E-state index contributed by atoms with van der Waals surface area (Å²) in [4.78, 5) is 6.72. The number of nitrogens with zero attached hydrogens (tertiary/aromatic N) is 2. The lowest BCUT2D eigenvalue weighted by Crippen LogP contribution is -2.37. The van der Waals surface area contributed by atoms with E-state index in [9.17, 15) is 0 Å². The van der Waals surface area contributed by atoms with Gasteiger partial charge in [0.05, 0.1) is 11.9 Å². The van der Waals surface area contributed by atoms with E-state index in [1.807, 2.05) is 12.1 Å². The first-order valence-corrected chi connectivity index (χ1v) is 5.25. The number of nitrogen functional groups attached to an aromatic ring is 1. The summed E-state index contributed by atoms with van der Waals surface area (Å²) in [5, 5.41) is 0. The van der Waals surface area contributed by atoms with Gasteiger partial charge in [0.2, 0.25) is 0 Å². The van der Waals surface area contributed by atoms with Gasteiger partial charge >= 0.3 is 0 Å². The molecule has 3 nitrogen and oxygen atoms in total.